The maximum Gasteiger partial charge on any atom is 0.221 e. The minimum absolute atomic E-state index is 0.103. The van der Waals surface area contributed by atoms with Crippen LogP contribution in [0.1, 0.15) is 12.5 Å². The Morgan fingerprint density at radius 1 is 0.923 bits per heavy atom. The number of hydrogen-bond donors (Lipinski definition) is 3. The van der Waals surface area contributed by atoms with Gasteiger partial charge in [0.05, 0.1) is 0 Å². The lowest BCUT2D eigenvalue weighted by molar-refractivity contribution is -0.114. The van der Waals surface area contributed by atoms with Crippen molar-refractivity contribution in [3.8, 4) is 0 Å². The van der Waals surface area contributed by atoms with Crippen LogP contribution >= 0.6 is 0 Å². The van der Waals surface area contributed by atoms with Gasteiger partial charge in [-0.25, -0.2) is 9.97 Å². The quantitative estimate of drug-likeness (QED) is 0.605. The van der Waals surface area contributed by atoms with Gasteiger partial charge in [-0.1, -0.05) is 36.4 Å². The number of rotatable bonds is 7. The van der Waals surface area contributed by atoms with E-state index < -0.39 is 0 Å². The Hall–Kier alpha value is -3.41. The molecule has 3 aromatic rings. The van der Waals surface area contributed by atoms with E-state index in [4.69, 9.17) is 0 Å². The monoisotopic (exact) mass is 347 g/mol. The van der Waals surface area contributed by atoms with Gasteiger partial charge in [0.2, 0.25) is 5.91 Å². The van der Waals surface area contributed by atoms with Crippen LogP contribution in [0.15, 0.2) is 67.0 Å². The zero-order valence-electron chi connectivity index (χ0n) is 14.6. The highest BCUT2D eigenvalue weighted by Crippen LogP contribution is 2.20. The van der Waals surface area contributed by atoms with Crippen molar-refractivity contribution in [3.63, 3.8) is 0 Å². The van der Waals surface area contributed by atoms with Crippen LogP contribution in [-0.4, -0.2) is 22.4 Å². The van der Waals surface area contributed by atoms with Crippen LogP contribution in [0, 0.1) is 0 Å². The third-order valence-corrected chi connectivity index (χ3v) is 3.69. The van der Waals surface area contributed by atoms with E-state index >= 15 is 0 Å². The van der Waals surface area contributed by atoms with Crippen LogP contribution < -0.4 is 16.0 Å². The molecule has 0 saturated carbocycles. The number of nitrogens with zero attached hydrogens (tertiary/aromatic N) is 2. The molecule has 0 aliphatic rings. The smallest absolute Gasteiger partial charge is 0.221 e. The summed E-state index contributed by atoms with van der Waals surface area (Å²) in [6.45, 7) is 2.27. The number of benzene rings is 2. The second kappa shape index (κ2) is 8.62. The van der Waals surface area contributed by atoms with Gasteiger partial charge in [0.25, 0.3) is 0 Å². The standard InChI is InChI=1S/C20H21N5O/c1-15(26)24-17-8-5-9-18(12-17)25-20-13-19(22-14-23-20)21-11-10-16-6-3-2-4-7-16/h2-9,12-14H,10-11H2,1H3,(H,24,26)(H2,21,22,23,25). The SMILES string of the molecule is CC(=O)Nc1cccc(Nc2cc(NCCc3ccccc3)ncn2)c1. The average Bonchev–Trinajstić information content (AvgIpc) is 2.63. The highest BCUT2D eigenvalue weighted by Gasteiger charge is 2.02. The molecule has 0 saturated heterocycles. The first-order chi connectivity index (χ1) is 12.7. The fourth-order valence-electron chi connectivity index (χ4n) is 2.53. The maximum absolute atomic E-state index is 11.2. The summed E-state index contributed by atoms with van der Waals surface area (Å²) in [5.74, 6) is 1.34. The first-order valence-corrected chi connectivity index (χ1v) is 8.43. The Labute approximate surface area is 152 Å². The predicted octanol–water partition coefficient (Wildman–Crippen LogP) is 3.83. The van der Waals surface area contributed by atoms with Crippen LogP contribution in [0.2, 0.25) is 0 Å². The van der Waals surface area contributed by atoms with Crippen molar-refractivity contribution in [2.45, 2.75) is 13.3 Å². The molecule has 1 aromatic heterocycles. The van der Waals surface area contributed by atoms with Gasteiger partial charge in [-0.15, -0.1) is 0 Å². The van der Waals surface area contributed by atoms with Gasteiger partial charge in [0.15, 0.2) is 0 Å². The van der Waals surface area contributed by atoms with Gasteiger partial charge < -0.3 is 16.0 Å². The maximum atomic E-state index is 11.2. The summed E-state index contributed by atoms with van der Waals surface area (Å²) >= 11 is 0. The zero-order chi connectivity index (χ0) is 18.2. The predicted molar refractivity (Wildman–Crippen MR) is 105 cm³/mol. The molecule has 0 radical (unpaired) electrons. The molecule has 3 rings (SSSR count). The summed E-state index contributed by atoms with van der Waals surface area (Å²) in [4.78, 5) is 19.7. The van der Waals surface area contributed by atoms with Crippen LogP contribution in [0.5, 0.6) is 0 Å². The number of hydrogen-bond acceptors (Lipinski definition) is 5. The van der Waals surface area contributed by atoms with E-state index in [9.17, 15) is 4.79 Å². The van der Waals surface area contributed by atoms with Crippen molar-refractivity contribution < 1.29 is 4.79 Å². The van der Waals surface area contributed by atoms with E-state index in [0.29, 0.717) is 5.82 Å². The lowest BCUT2D eigenvalue weighted by Crippen LogP contribution is -2.07. The normalized spacial score (nSPS) is 10.2. The first-order valence-electron chi connectivity index (χ1n) is 8.43. The molecule has 2 aromatic carbocycles. The zero-order valence-corrected chi connectivity index (χ0v) is 14.6. The minimum atomic E-state index is -0.103. The molecule has 6 heteroatoms. The van der Waals surface area contributed by atoms with Gasteiger partial charge in [-0.2, -0.15) is 0 Å². The summed E-state index contributed by atoms with van der Waals surface area (Å²) in [5, 5.41) is 9.29. The van der Waals surface area contributed by atoms with Crippen molar-refractivity contribution in [2.75, 3.05) is 22.5 Å². The molecule has 1 heterocycles. The molecule has 0 bridgehead atoms. The molecule has 0 aliphatic heterocycles. The topological polar surface area (TPSA) is 78.9 Å². The van der Waals surface area contributed by atoms with Gasteiger partial charge in [0.1, 0.15) is 18.0 Å². The number of aromatic nitrogens is 2. The molecule has 0 aliphatic carbocycles. The summed E-state index contributed by atoms with van der Waals surface area (Å²) in [5.41, 5.74) is 2.85. The van der Waals surface area contributed by atoms with Gasteiger partial charge in [-0.05, 0) is 30.2 Å². The first kappa shape index (κ1) is 17.4. The molecule has 1 amide bonds. The molecule has 6 nitrogen and oxygen atoms in total. The Morgan fingerprint density at radius 2 is 1.69 bits per heavy atom. The third-order valence-electron chi connectivity index (χ3n) is 3.69. The molecule has 0 unspecified atom stereocenters. The molecular formula is C20H21N5O. The van der Waals surface area contributed by atoms with Crippen molar-refractivity contribution >= 4 is 28.9 Å². The molecule has 26 heavy (non-hydrogen) atoms. The van der Waals surface area contributed by atoms with E-state index in [2.05, 4.69) is 38.1 Å². The summed E-state index contributed by atoms with van der Waals surface area (Å²) in [6, 6.07) is 19.6. The number of carbonyl (C=O) groups excluding carboxylic acids is 1. The van der Waals surface area contributed by atoms with Crippen LogP contribution in [0.3, 0.4) is 0 Å². The van der Waals surface area contributed by atoms with Gasteiger partial charge in [-0.3, -0.25) is 4.79 Å². The summed E-state index contributed by atoms with van der Waals surface area (Å²) in [6.07, 6.45) is 2.44. The average molecular weight is 347 g/mol. The number of anilines is 4. The van der Waals surface area contributed by atoms with Gasteiger partial charge >= 0.3 is 0 Å². The lowest BCUT2D eigenvalue weighted by atomic mass is 10.1. The Morgan fingerprint density at radius 3 is 2.50 bits per heavy atom. The second-order valence-corrected chi connectivity index (χ2v) is 5.84. The van der Waals surface area contributed by atoms with Crippen LogP contribution in [0.4, 0.5) is 23.0 Å². The lowest BCUT2D eigenvalue weighted by Gasteiger charge is -2.10. The minimum Gasteiger partial charge on any atom is -0.370 e. The molecular weight excluding hydrogens is 326 g/mol. The second-order valence-electron chi connectivity index (χ2n) is 5.84. The Kier molecular flexibility index (Phi) is 5.77. The number of nitrogens with one attached hydrogen (secondary N) is 3. The Bertz CT molecular complexity index is 867. The molecule has 3 N–H and O–H groups in total. The van der Waals surface area contributed by atoms with E-state index in [1.54, 1.807) is 0 Å². The van der Waals surface area contributed by atoms with Crippen molar-refractivity contribution in [2.24, 2.45) is 0 Å². The van der Waals surface area contributed by atoms with Crippen molar-refractivity contribution in [1.82, 2.24) is 9.97 Å². The van der Waals surface area contributed by atoms with Crippen molar-refractivity contribution in [1.29, 1.82) is 0 Å². The number of amides is 1. The molecule has 0 spiro atoms. The highest BCUT2D eigenvalue weighted by atomic mass is 16.1. The molecule has 132 valence electrons. The highest BCUT2D eigenvalue weighted by molar-refractivity contribution is 5.89. The van der Waals surface area contributed by atoms with E-state index in [0.717, 1.165) is 30.2 Å². The van der Waals surface area contributed by atoms with Crippen molar-refractivity contribution in [3.05, 3.63) is 72.6 Å². The third kappa shape index (κ3) is 5.31. The van der Waals surface area contributed by atoms with E-state index in [-0.39, 0.29) is 5.91 Å². The number of carbonyl (C=O) groups is 1. The largest absolute Gasteiger partial charge is 0.370 e. The van der Waals surface area contributed by atoms with Gasteiger partial charge in [0, 0.05) is 30.9 Å². The summed E-state index contributed by atoms with van der Waals surface area (Å²) in [7, 11) is 0. The van der Waals surface area contributed by atoms with E-state index in [1.165, 1.54) is 18.8 Å². The van der Waals surface area contributed by atoms with E-state index in [1.807, 2.05) is 48.5 Å². The van der Waals surface area contributed by atoms with Crippen LogP contribution in [0.25, 0.3) is 0 Å². The molecule has 0 fully saturated rings. The summed E-state index contributed by atoms with van der Waals surface area (Å²) < 4.78 is 0. The fourth-order valence-corrected chi connectivity index (χ4v) is 2.53. The molecule has 0 atom stereocenters. The Balaban J connectivity index is 1.59. The van der Waals surface area contributed by atoms with Crippen LogP contribution in [-0.2, 0) is 11.2 Å². The fraction of sp³-hybridized carbons (Fsp3) is 0.150.